The fourth-order valence-corrected chi connectivity index (χ4v) is 2.14. The minimum Gasteiger partial charge on any atom is -0.480 e. The molecule has 0 saturated carbocycles. The molecule has 0 radical (unpaired) electrons. The van der Waals surface area contributed by atoms with Crippen LogP contribution in [0.5, 0.6) is 0 Å². The van der Waals surface area contributed by atoms with E-state index in [1.54, 1.807) is 48.5 Å². The third-order valence-electron chi connectivity index (χ3n) is 2.97. The highest BCUT2D eigenvalue weighted by atomic mass is 79.9. The van der Waals surface area contributed by atoms with E-state index in [9.17, 15) is 14.7 Å². The van der Waals surface area contributed by atoms with Crippen molar-refractivity contribution in [2.45, 2.75) is 12.5 Å². The Morgan fingerprint density at radius 2 is 1.67 bits per heavy atom. The molecule has 0 spiro atoms. The Kier molecular flexibility index (Phi) is 5.11. The lowest BCUT2D eigenvalue weighted by molar-refractivity contribution is -0.137. The molecule has 0 amide bonds. The number of nitrogens with one attached hydrogen (secondary N) is 1. The van der Waals surface area contributed by atoms with E-state index in [0.29, 0.717) is 11.3 Å². The minimum absolute atomic E-state index is 0.102. The molecule has 0 bridgehead atoms. The Morgan fingerprint density at radius 1 is 1.05 bits per heavy atom. The zero-order chi connectivity index (χ0) is 15.2. The van der Waals surface area contributed by atoms with Crippen LogP contribution in [0, 0.1) is 0 Å². The number of halogens is 1. The van der Waals surface area contributed by atoms with Gasteiger partial charge < -0.3 is 10.4 Å². The van der Waals surface area contributed by atoms with Crippen molar-refractivity contribution in [1.29, 1.82) is 0 Å². The van der Waals surface area contributed by atoms with Crippen LogP contribution in [-0.2, 0) is 4.79 Å². The van der Waals surface area contributed by atoms with Crippen LogP contribution in [0.25, 0.3) is 0 Å². The minimum atomic E-state index is -1.05. The van der Waals surface area contributed by atoms with Crippen LogP contribution in [0.1, 0.15) is 16.8 Å². The fourth-order valence-electron chi connectivity index (χ4n) is 1.87. The predicted molar refractivity (Wildman–Crippen MR) is 84.6 cm³/mol. The summed E-state index contributed by atoms with van der Waals surface area (Å²) in [6.45, 7) is 0. The van der Waals surface area contributed by atoms with E-state index in [1.807, 2.05) is 6.07 Å². The number of aliphatic carboxylic acids is 1. The van der Waals surface area contributed by atoms with Gasteiger partial charge in [0.1, 0.15) is 6.04 Å². The monoisotopic (exact) mass is 347 g/mol. The van der Waals surface area contributed by atoms with Crippen molar-refractivity contribution in [3.8, 4) is 0 Å². The molecule has 0 aliphatic carbocycles. The largest absolute Gasteiger partial charge is 0.480 e. The second-order valence-electron chi connectivity index (χ2n) is 4.54. The smallest absolute Gasteiger partial charge is 0.326 e. The first-order chi connectivity index (χ1) is 10.1. The van der Waals surface area contributed by atoms with Gasteiger partial charge in [0, 0.05) is 22.1 Å². The molecular formula is C16H14BrNO3. The van der Waals surface area contributed by atoms with Crippen LogP contribution in [0.2, 0.25) is 0 Å². The molecule has 0 unspecified atom stereocenters. The number of hydrogen-bond acceptors (Lipinski definition) is 3. The first-order valence-corrected chi connectivity index (χ1v) is 7.19. The lowest BCUT2D eigenvalue weighted by Gasteiger charge is -2.15. The number of benzene rings is 2. The van der Waals surface area contributed by atoms with E-state index in [1.165, 1.54) is 0 Å². The van der Waals surface area contributed by atoms with Gasteiger partial charge in [-0.1, -0.05) is 46.3 Å². The summed E-state index contributed by atoms with van der Waals surface area (Å²) >= 11 is 3.31. The molecule has 0 saturated heterocycles. The molecular weight excluding hydrogens is 334 g/mol. The van der Waals surface area contributed by atoms with Crippen LogP contribution >= 0.6 is 15.9 Å². The van der Waals surface area contributed by atoms with Crippen molar-refractivity contribution >= 4 is 33.4 Å². The Hall–Kier alpha value is -2.14. The number of carbonyl (C=O) groups is 2. The predicted octanol–water partition coefficient (Wildman–Crippen LogP) is 3.59. The number of anilines is 1. The average Bonchev–Trinajstić information content (AvgIpc) is 2.49. The summed E-state index contributed by atoms with van der Waals surface area (Å²) in [4.78, 5) is 23.4. The molecule has 0 aliphatic heterocycles. The van der Waals surface area contributed by atoms with Crippen molar-refractivity contribution in [3.63, 3.8) is 0 Å². The maximum atomic E-state index is 12.1. The maximum absolute atomic E-state index is 12.1. The Labute approximate surface area is 130 Å². The van der Waals surface area contributed by atoms with Gasteiger partial charge in [0.2, 0.25) is 0 Å². The number of ketones is 1. The molecule has 1 atom stereocenters. The zero-order valence-electron chi connectivity index (χ0n) is 11.1. The molecule has 2 aromatic carbocycles. The van der Waals surface area contributed by atoms with Gasteiger partial charge in [0.05, 0.1) is 0 Å². The Morgan fingerprint density at radius 3 is 2.24 bits per heavy atom. The van der Waals surface area contributed by atoms with Crippen molar-refractivity contribution in [2.24, 2.45) is 0 Å². The third-order valence-corrected chi connectivity index (χ3v) is 3.50. The molecule has 108 valence electrons. The van der Waals surface area contributed by atoms with E-state index in [0.717, 1.165) is 4.47 Å². The summed E-state index contributed by atoms with van der Waals surface area (Å²) in [5.74, 6) is -1.25. The second kappa shape index (κ2) is 7.04. The fraction of sp³-hybridized carbons (Fsp3) is 0.125. The van der Waals surface area contributed by atoms with Crippen LogP contribution in [0.3, 0.4) is 0 Å². The van der Waals surface area contributed by atoms with Gasteiger partial charge in [0.15, 0.2) is 5.78 Å². The van der Waals surface area contributed by atoms with Crippen molar-refractivity contribution in [1.82, 2.24) is 0 Å². The number of carboxylic acid groups (broad SMARTS) is 1. The number of carboxylic acids is 1. The van der Waals surface area contributed by atoms with Gasteiger partial charge in [-0.2, -0.15) is 0 Å². The van der Waals surface area contributed by atoms with E-state index in [4.69, 9.17) is 0 Å². The van der Waals surface area contributed by atoms with Gasteiger partial charge in [-0.15, -0.1) is 0 Å². The lowest BCUT2D eigenvalue weighted by atomic mass is 10.0. The number of Topliss-reactive ketones (excluding diaryl/α,β-unsaturated/α-hetero) is 1. The maximum Gasteiger partial charge on any atom is 0.326 e. The van der Waals surface area contributed by atoms with Crippen LogP contribution < -0.4 is 5.32 Å². The molecule has 2 rings (SSSR count). The van der Waals surface area contributed by atoms with Gasteiger partial charge >= 0.3 is 5.97 Å². The number of rotatable bonds is 6. The van der Waals surface area contributed by atoms with Crippen LogP contribution in [0.4, 0.5) is 5.69 Å². The molecule has 0 heterocycles. The lowest BCUT2D eigenvalue weighted by Crippen LogP contribution is -2.31. The van der Waals surface area contributed by atoms with E-state index in [2.05, 4.69) is 21.2 Å². The highest BCUT2D eigenvalue weighted by Gasteiger charge is 2.21. The highest BCUT2D eigenvalue weighted by molar-refractivity contribution is 9.10. The molecule has 4 nitrogen and oxygen atoms in total. The molecule has 0 fully saturated rings. The standard InChI is InChI=1S/C16H14BrNO3/c17-12-6-8-13(9-7-12)18-14(16(20)21)10-15(19)11-4-2-1-3-5-11/h1-9,14,18H,10H2,(H,20,21)/t14-/m1/s1. The first kappa shape index (κ1) is 15.3. The summed E-state index contributed by atoms with van der Waals surface area (Å²) in [7, 11) is 0. The van der Waals surface area contributed by atoms with Crippen molar-refractivity contribution in [3.05, 3.63) is 64.6 Å². The van der Waals surface area contributed by atoms with Crippen molar-refractivity contribution in [2.75, 3.05) is 5.32 Å². The number of hydrogen-bond donors (Lipinski definition) is 2. The second-order valence-corrected chi connectivity index (χ2v) is 5.45. The molecule has 21 heavy (non-hydrogen) atoms. The summed E-state index contributed by atoms with van der Waals surface area (Å²) in [5, 5.41) is 12.1. The van der Waals surface area contributed by atoms with E-state index < -0.39 is 12.0 Å². The summed E-state index contributed by atoms with van der Waals surface area (Å²) in [5.41, 5.74) is 1.17. The van der Waals surface area contributed by atoms with Crippen LogP contribution in [0.15, 0.2) is 59.1 Å². The molecule has 0 aliphatic rings. The highest BCUT2D eigenvalue weighted by Crippen LogP contribution is 2.16. The van der Waals surface area contributed by atoms with Gasteiger partial charge in [0.25, 0.3) is 0 Å². The van der Waals surface area contributed by atoms with Gasteiger partial charge in [-0.05, 0) is 24.3 Å². The topological polar surface area (TPSA) is 66.4 Å². The number of carbonyl (C=O) groups excluding carboxylic acids is 1. The quantitative estimate of drug-likeness (QED) is 0.783. The van der Waals surface area contributed by atoms with Gasteiger partial charge in [-0.3, -0.25) is 4.79 Å². The third kappa shape index (κ3) is 4.43. The summed E-state index contributed by atoms with van der Waals surface area (Å²) in [6, 6.07) is 14.9. The molecule has 2 aromatic rings. The Balaban J connectivity index is 2.07. The Bertz CT molecular complexity index is 626. The first-order valence-electron chi connectivity index (χ1n) is 6.39. The van der Waals surface area contributed by atoms with E-state index >= 15 is 0 Å². The van der Waals surface area contributed by atoms with Crippen molar-refractivity contribution < 1.29 is 14.7 Å². The van der Waals surface area contributed by atoms with E-state index in [-0.39, 0.29) is 12.2 Å². The zero-order valence-corrected chi connectivity index (χ0v) is 12.7. The van der Waals surface area contributed by atoms with Gasteiger partial charge in [-0.25, -0.2) is 4.79 Å². The normalized spacial score (nSPS) is 11.7. The SMILES string of the molecule is O=C(C[C@@H](Nc1ccc(Br)cc1)C(=O)O)c1ccccc1. The summed E-state index contributed by atoms with van der Waals surface area (Å²) in [6.07, 6.45) is -0.102. The molecule has 0 aromatic heterocycles. The van der Waals surface area contributed by atoms with Crippen LogP contribution in [-0.4, -0.2) is 22.9 Å². The molecule has 5 heteroatoms. The average molecular weight is 348 g/mol. The summed E-state index contributed by atoms with van der Waals surface area (Å²) < 4.78 is 0.903. The molecule has 2 N–H and O–H groups in total.